The van der Waals surface area contributed by atoms with E-state index in [2.05, 4.69) is 19.7 Å². The van der Waals surface area contributed by atoms with Crippen LogP contribution in [0.15, 0.2) is 47.2 Å². The lowest BCUT2D eigenvalue weighted by Crippen LogP contribution is -2.51. The normalized spacial score (nSPS) is 23.7. The van der Waals surface area contributed by atoms with Gasteiger partial charge in [-0.25, -0.2) is 17.2 Å². The molecule has 0 spiro atoms. The van der Waals surface area contributed by atoms with Crippen molar-refractivity contribution in [3.05, 3.63) is 64.9 Å². The van der Waals surface area contributed by atoms with Gasteiger partial charge in [-0.2, -0.15) is 0 Å². The zero-order chi connectivity index (χ0) is 26.3. The van der Waals surface area contributed by atoms with Crippen molar-refractivity contribution in [2.45, 2.75) is 30.4 Å². The van der Waals surface area contributed by atoms with E-state index in [0.717, 1.165) is 6.07 Å². The number of methoxy groups -OCH3 is 1. The summed E-state index contributed by atoms with van der Waals surface area (Å²) in [5, 5.41) is 5.78. The van der Waals surface area contributed by atoms with Crippen molar-refractivity contribution in [3.63, 3.8) is 0 Å². The Morgan fingerprint density at radius 1 is 1.16 bits per heavy atom. The van der Waals surface area contributed by atoms with Crippen molar-refractivity contribution in [3.8, 4) is 16.9 Å². The Kier molecular flexibility index (Phi) is 6.84. The quantitative estimate of drug-likeness (QED) is 0.458. The number of halogens is 3. The lowest BCUT2D eigenvalue weighted by molar-refractivity contribution is -0.130. The van der Waals surface area contributed by atoms with Gasteiger partial charge in [0.05, 0.1) is 12.4 Å². The molecular formula is C25H24ClF2N3O5S. The van der Waals surface area contributed by atoms with Gasteiger partial charge in [0.2, 0.25) is 15.9 Å². The summed E-state index contributed by atoms with van der Waals surface area (Å²) in [6.45, 7) is 0.259. The summed E-state index contributed by atoms with van der Waals surface area (Å²) in [6, 6.07) is 8.04. The van der Waals surface area contributed by atoms with Gasteiger partial charge < -0.3 is 14.6 Å². The van der Waals surface area contributed by atoms with Crippen LogP contribution in [0.25, 0.3) is 11.1 Å². The molecule has 4 atom stereocenters. The smallest absolute Gasteiger partial charge is 0.236 e. The van der Waals surface area contributed by atoms with Crippen LogP contribution in [0.2, 0.25) is 5.02 Å². The van der Waals surface area contributed by atoms with Gasteiger partial charge in [-0.3, -0.25) is 9.52 Å². The number of aromatic nitrogens is 1. The third-order valence-electron chi connectivity index (χ3n) is 7.22. The number of piperidine rings is 1. The van der Waals surface area contributed by atoms with Crippen molar-refractivity contribution < 1.29 is 31.3 Å². The number of benzene rings is 2. The Balaban J connectivity index is 1.43. The highest BCUT2D eigenvalue weighted by molar-refractivity contribution is 7.93. The van der Waals surface area contributed by atoms with E-state index in [4.69, 9.17) is 16.3 Å². The third kappa shape index (κ3) is 5.02. The second kappa shape index (κ2) is 9.94. The minimum Gasteiger partial charge on any atom is -0.496 e. The predicted octanol–water partition coefficient (Wildman–Crippen LogP) is 4.72. The van der Waals surface area contributed by atoms with E-state index in [-0.39, 0.29) is 52.7 Å². The Labute approximate surface area is 217 Å². The molecule has 1 aromatic heterocycles. The molecule has 1 amide bonds. The first-order chi connectivity index (χ1) is 17.7. The van der Waals surface area contributed by atoms with E-state index in [1.54, 1.807) is 0 Å². The molecule has 12 heteroatoms. The standard InChI is InChI=1S/C25H24ClF2N3O5S/c1-35-23-11-18(13-6-14(26)8-15(27)7-13)22(28)10-19(23)21-12-29-25(32)20-9-16(2-3-17(20)21)37(33,34)31-24-4-5-36-30-24/h4-8,10-11,16-17,20-21H,2-3,9,12H2,1H3,(H,29,32)(H,30,31). The fourth-order valence-electron chi connectivity index (χ4n) is 5.51. The Morgan fingerprint density at radius 2 is 1.97 bits per heavy atom. The number of rotatable bonds is 6. The van der Waals surface area contributed by atoms with E-state index >= 15 is 4.39 Å². The summed E-state index contributed by atoms with van der Waals surface area (Å²) in [7, 11) is -2.35. The zero-order valence-corrected chi connectivity index (χ0v) is 21.3. The molecule has 3 aromatic rings. The van der Waals surface area contributed by atoms with E-state index in [1.807, 2.05) is 0 Å². The van der Waals surface area contributed by atoms with Crippen molar-refractivity contribution in [1.82, 2.24) is 10.5 Å². The second-order valence-corrected chi connectivity index (χ2v) is 11.7. The first-order valence-corrected chi connectivity index (χ1v) is 13.6. The number of anilines is 1. The monoisotopic (exact) mass is 551 g/mol. The van der Waals surface area contributed by atoms with Crippen LogP contribution >= 0.6 is 11.6 Å². The Hall–Kier alpha value is -3.18. The molecule has 1 saturated carbocycles. The minimum absolute atomic E-state index is 0.0768. The number of fused-ring (bicyclic) bond motifs is 1. The SMILES string of the molecule is COc1cc(-c2cc(F)cc(Cl)c2)c(F)cc1C1CNC(=O)C2CC(S(=O)(=O)Nc3ccon3)CCC21. The van der Waals surface area contributed by atoms with Gasteiger partial charge in [-0.1, -0.05) is 16.8 Å². The fourth-order valence-corrected chi connectivity index (χ4v) is 7.21. The molecule has 0 radical (unpaired) electrons. The van der Waals surface area contributed by atoms with Crippen LogP contribution in [0.4, 0.5) is 14.6 Å². The Morgan fingerprint density at radius 3 is 2.68 bits per heavy atom. The first-order valence-electron chi connectivity index (χ1n) is 11.7. The maximum atomic E-state index is 15.4. The first kappa shape index (κ1) is 25.5. The molecule has 196 valence electrons. The molecule has 4 unspecified atom stereocenters. The highest BCUT2D eigenvalue weighted by atomic mass is 35.5. The maximum absolute atomic E-state index is 15.4. The third-order valence-corrected chi connectivity index (χ3v) is 9.24. The number of sulfonamides is 1. The van der Waals surface area contributed by atoms with Gasteiger partial charge in [0.1, 0.15) is 23.6 Å². The molecule has 1 aliphatic heterocycles. The number of amides is 1. The maximum Gasteiger partial charge on any atom is 0.236 e. The highest BCUT2D eigenvalue weighted by Crippen LogP contribution is 2.47. The van der Waals surface area contributed by atoms with Crippen LogP contribution in [0.1, 0.15) is 30.7 Å². The van der Waals surface area contributed by atoms with Crippen molar-refractivity contribution in [1.29, 1.82) is 0 Å². The van der Waals surface area contributed by atoms with Crippen molar-refractivity contribution in [2.24, 2.45) is 11.8 Å². The number of hydrogen-bond acceptors (Lipinski definition) is 6. The molecule has 2 aromatic carbocycles. The van der Waals surface area contributed by atoms with Crippen LogP contribution in [-0.4, -0.2) is 38.4 Å². The van der Waals surface area contributed by atoms with Gasteiger partial charge in [0, 0.05) is 40.6 Å². The van der Waals surface area contributed by atoms with E-state index in [0.29, 0.717) is 24.2 Å². The summed E-state index contributed by atoms with van der Waals surface area (Å²) < 4.78 is 67.8. The molecule has 2 aliphatic rings. The van der Waals surface area contributed by atoms with Gasteiger partial charge in [-0.15, -0.1) is 0 Å². The molecule has 1 aliphatic carbocycles. The summed E-state index contributed by atoms with van der Waals surface area (Å²) in [4.78, 5) is 12.8. The molecule has 2 N–H and O–H groups in total. The molecule has 2 fully saturated rings. The van der Waals surface area contributed by atoms with Gasteiger partial charge in [0.25, 0.3) is 0 Å². The largest absolute Gasteiger partial charge is 0.496 e. The van der Waals surface area contributed by atoms with Crippen LogP contribution in [0.5, 0.6) is 5.75 Å². The topological polar surface area (TPSA) is 111 Å². The number of hydrogen-bond donors (Lipinski definition) is 2. The van der Waals surface area contributed by atoms with Gasteiger partial charge >= 0.3 is 0 Å². The molecule has 1 saturated heterocycles. The lowest BCUT2D eigenvalue weighted by Gasteiger charge is -2.43. The molecule has 0 bridgehead atoms. The molecule has 8 nitrogen and oxygen atoms in total. The van der Waals surface area contributed by atoms with Crippen LogP contribution in [-0.2, 0) is 14.8 Å². The van der Waals surface area contributed by atoms with Crippen LogP contribution in [0, 0.1) is 23.5 Å². The second-order valence-electron chi connectivity index (χ2n) is 9.32. The summed E-state index contributed by atoms with van der Waals surface area (Å²) in [5.41, 5.74) is 0.961. The number of nitrogens with one attached hydrogen (secondary N) is 2. The van der Waals surface area contributed by atoms with Crippen LogP contribution in [0.3, 0.4) is 0 Å². The molecule has 37 heavy (non-hydrogen) atoms. The van der Waals surface area contributed by atoms with Crippen molar-refractivity contribution >= 4 is 33.3 Å². The fraction of sp³-hybridized carbons (Fsp3) is 0.360. The average Bonchev–Trinajstić information content (AvgIpc) is 3.36. The summed E-state index contributed by atoms with van der Waals surface area (Å²) >= 11 is 5.96. The summed E-state index contributed by atoms with van der Waals surface area (Å²) in [5.74, 6) is -2.04. The number of ether oxygens (including phenoxy) is 1. The minimum atomic E-state index is -3.80. The highest BCUT2D eigenvalue weighted by Gasteiger charge is 2.47. The van der Waals surface area contributed by atoms with Crippen LogP contribution < -0.4 is 14.8 Å². The average molecular weight is 552 g/mol. The van der Waals surface area contributed by atoms with Crippen molar-refractivity contribution in [2.75, 3.05) is 18.4 Å². The number of nitrogens with zero attached hydrogens (tertiary/aromatic N) is 1. The zero-order valence-electron chi connectivity index (χ0n) is 19.7. The van der Waals surface area contributed by atoms with Gasteiger partial charge in [0.15, 0.2) is 5.82 Å². The van der Waals surface area contributed by atoms with Gasteiger partial charge in [-0.05, 0) is 61.1 Å². The number of carbonyl (C=O) groups is 1. The Bertz CT molecular complexity index is 1410. The predicted molar refractivity (Wildman–Crippen MR) is 133 cm³/mol. The van der Waals surface area contributed by atoms with E-state index < -0.39 is 32.8 Å². The number of carbonyl (C=O) groups excluding carboxylic acids is 1. The molecular weight excluding hydrogens is 528 g/mol. The van der Waals surface area contributed by atoms with E-state index in [9.17, 15) is 17.6 Å². The van der Waals surface area contributed by atoms with E-state index in [1.165, 1.54) is 43.7 Å². The summed E-state index contributed by atoms with van der Waals surface area (Å²) in [6.07, 6.45) is 2.14. The molecule has 5 rings (SSSR count). The molecule has 2 heterocycles. The lowest BCUT2D eigenvalue weighted by atomic mass is 9.67.